The summed E-state index contributed by atoms with van der Waals surface area (Å²) in [5, 5.41) is 2.07. The summed E-state index contributed by atoms with van der Waals surface area (Å²) in [6, 6.07) is 14.9. The number of rotatable bonds is 6. The summed E-state index contributed by atoms with van der Waals surface area (Å²) in [5.74, 6) is 0.488. The van der Waals surface area contributed by atoms with Gasteiger partial charge in [-0.05, 0) is 72.3 Å². The lowest BCUT2D eigenvalue weighted by molar-refractivity contribution is 0.0657. The van der Waals surface area contributed by atoms with Gasteiger partial charge in [-0.1, -0.05) is 13.0 Å². The summed E-state index contributed by atoms with van der Waals surface area (Å²) in [5.41, 5.74) is 2.00. The molecular formula is C23H24N2O4S2. The van der Waals surface area contributed by atoms with Gasteiger partial charge in [-0.3, -0.25) is 9.52 Å². The molecule has 0 saturated heterocycles. The molecule has 0 unspecified atom stereocenters. The molecule has 8 heteroatoms. The molecule has 3 aromatic rings. The molecule has 4 rings (SSSR count). The number of sulfonamides is 1. The van der Waals surface area contributed by atoms with E-state index in [2.05, 4.69) is 23.1 Å². The maximum Gasteiger partial charge on any atom is 0.261 e. The van der Waals surface area contributed by atoms with Crippen molar-refractivity contribution in [3.05, 3.63) is 76.0 Å². The summed E-state index contributed by atoms with van der Waals surface area (Å²) in [4.78, 5) is 16.5. The van der Waals surface area contributed by atoms with Crippen LogP contribution in [0.5, 0.6) is 5.75 Å². The first-order chi connectivity index (χ1) is 14.9. The number of benzene rings is 2. The Balaban J connectivity index is 1.58. The van der Waals surface area contributed by atoms with Gasteiger partial charge in [0, 0.05) is 22.7 Å². The molecule has 0 bridgehead atoms. The summed E-state index contributed by atoms with van der Waals surface area (Å²) >= 11 is 1.73. The third kappa shape index (κ3) is 4.31. The first-order valence-corrected chi connectivity index (χ1v) is 12.4. The third-order valence-corrected chi connectivity index (χ3v) is 7.85. The number of fused-ring (bicyclic) bond motifs is 1. The molecular weight excluding hydrogens is 432 g/mol. The van der Waals surface area contributed by atoms with Crippen LogP contribution >= 0.6 is 11.3 Å². The van der Waals surface area contributed by atoms with E-state index in [1.165, 1.54) is 22.6 Å². The first-order valence-electron chi connectivity index (χ1n) is 10.1. The van der Waals surface area contributed by atoms with Gasteiger partial charge >= 0.3 is 0 Å². The van der Waals surface area contributed by atoms with Crippen LogP contribution in [0.1, 0.15) is 40.2 Å². The summed E-state index contributed by atoms with van der Waals surface area (Å²) in [6.45, 7) is 2.70. The third-order valence-electron chi connectivity index (χ3n) is 5.48. The van der Waals surface area contributed by atoms with Crippen LogP contribution in [0.4, 0.5) is 5.69 Å². The molecule has 162 valence electrons. The Kier molecular flexibility index (Phi) is 6.02. The number of thiophene rings is 1. The Labute approximate surface area is 186 Å². The first kappa shape index (κ1) is 21.4. The lowest BCUT2D eigenvalue weighted by Gasteiger charge is -2.35. The Morgan fingerprint density at radius 2 is 1.97 bits per heavy atom. The molecule has 1 aliphatic rings. The van der Waals surface area contributed by atoms with E-state index in [0.29, 0.717) is 23.5 Å². The average Bonchev–Trinajstić information content (AvgIpc) is 3.27. The SMILES string of the molecule is CC[C@@H]1c2ccsc2CCN1C(=O)c1cccc(S(=O)(=O)Nc2ccc(OC)cc2)c1. The predicted molar refractivity (Wildman–Crippen MR) is 122 cm³/mol. The summed E-state index contributed by atoms with van der Waals surface area (Å²) in [6.07, 6.45) is 1.64. The molecule has 0 aliphatic carbocycles. The van der Waals surface area contributed by atoms with E-state index in [9.17, 15) is 13.2 Å². The molecule has 1 aliphatic heterocycles. The van der Waals surface area contributed by atoms with Gasteiger partial charge in [0.15, 0.2) is 0 Å². The Hall–Kier alpha value is -2.84. The number of ether oxygens (including phenoxy) is 1. The molecule has 0 radical (unpaired) electrons. The molecule has 0 fully saturated rings. The zero-order chi connectivity index (χ0) is 22.0. The minimum absolute atomic E-state index is 0.0141. The van der Waals surface area contributed by atoms with Crippen molar-refractivity contribution < 1.29 is 17.9 Å². The molecule has 1 atom stereocenters. The summed E-state index contributed by atoms with van der Waals surface area (Å²) in [7, 11) is -2.29. The molecule has 2 heterocycles. The van der Waals surface area contributed by atoms with Crippen LogP contribution in [-0.4, -0.2) is 32.9 Å². The number of carbonyl (C=O) groups is 1. The zero-order valence-electron chi connectivity index (χ0n) is 17.4. The molecule has 0 saturated carbocycles. The Morgan fingerprint density at radius 3 is 2.68 bits per heavy atom. The van der Waals surface area contributed by atoms with Gasteiger partial charge in [-0.2, -0.15) is 0 Å². The average molecular weight is 457 g/mol. The summed E-state index contributed by atoms with van der Waals surface area (Å²) < 4.78 is 33.4. The van der Waals surface area contributed by atoms with Crippen LogP contribution in [0.2, 0.25) is 0 Å². The second-order valence-corrected chi connectivity index (χ2v) is 10.0. The normalized spacial score (nSPS) is 15.9. The fourth-order valence-electron chi connectivity index (χ4n) is 3.91. The van der Waals surface area contributed by atoms with Crippen molar-refractivity contribution in [2.45, 2.75) is 30.7 Å². The number of methoxy groups -OCH3 is 1. The Morgan fingerprint density at radius 1 is 1.19 bits per heavy atom. The maximum absolute atomic E-state index is 13.3. The Bertz CT molecular complexity index is 1190. The van der Waals surface area contributed by atoms with E-state index in [1.54, 1.807) is 54.8 Å². The lowest BCUT2D eigenvalue weighted by Crippen LogP contribution is -2.39. The number of nitrogens with one attached hydrogen (secondary N) is 1. The van der Waals surface area contributed by atoms with Crippen LogP contribution in [0.15, 0.2) is 64.9 Å². The zero-order valence-corrected chi connectivity index (χ0v) is 19.0. The molecule has 2 aromatic carbocycles. The quantitative estimate of drug-likeness (QED) is 0.583. The smallest absolute Gasteiger partial charge is 0.261 e. The topological polar surface area (TPSA) is 75.7 Å². The van der Waals surface area contributed by atoms with Crippen molar-refractivity contribution in [1.82, 2.24) is 4.90 Å². The number of hydrogen-bond donors (Lipinski definition) is 1. The minimum Gasteiger partial charge on any atom is -0.497 e. The fraction of sp³-hybridized carbons (Fsp3) is 0.261. The van der Waals surface area contributed by atoms with Crippen LogP contribution in [0, 0.1) is 0 Å². The van der Waals surface area contributed by atoms with Gasteiger partial charge in [0.25, 0.3) is 15.9 Å². The molecule has 0 spiro atoms. The van der Waals surface area contributed by atoms with E-state index in [4.69, 9.17) is 4.74 Å². The van der Waals surface area contributed by atoms with E-state index >= 15 is 0 Å². The van der Waals surface area contributed by atoms with Crippen molar-refractivity contribution in [1.29, 1.82) is 0 Å². The van der Waals surface area contributed by atoms with Crippen molar-refractivity contribution in [2.24, 2.45) is 0 Å². The number of hydrogen-bond acceptors (Lipinski definition) is 5. The van der Waals surface area contributed by atoms with Gasteiger partial charge in [-0.15, -0.1) is 11.3 Å². The van der Waals surface area contributed by atoms with Gasteiger partial charge in [0.05, 0.1) is 18.0 Å². The van der Waals surface area contributed by atoms with Gasteiger partial charge in [0.1, 0.15) is 5.75 Å². The molecule has 31 heavy (non-hydrogen) atoms. The largest absolute Gasteiger partial charge is 0.497 e. The van der Waals surface area contributed by atoms with Crippen molar-refractivity contribution in [3.63, 3.8) is 0 Å². The second kappa shape index (κ2) is 8.72. The predicted octanol–water partition coefficient (Wildman–Crippen LogP) is 4.71. The van der Waals surface area contributed by atoms with E-state index in [1.807, 2.05) is 4.90 Å². The number of nitrogens with zero attached hydrogens (tertiary/aromatic N) is 1. The van der Waals surface area contributed by atoms with Crippen molar-refractivity contribution >= 4 is 33.0 Å². The van der Waals surface area contributed by atoms with Crippen molar-refractivity contribution in [3.8, 4) is 5.75 Å². The number of anilines is 1. The molecule has 1 N–H and O–H groups in total. The van der Waals surface area contributed by atoms with Crippen molar-refractivity contribution in [2.75, 3.05) is 18.4 Å². The minimum atomic E-state index is -3.84. The molecule has 1 amide bonds. The number of amides is 1. The highest BCUT2D eigenvalue weighted by molar-refractivity contribution is 7.92. The number of carbonyl (C=O) groups excluding carboxylic acids is 1. The van der Waals surface area contributed by atoms with Crippen LogP contribution in [-0.2, 0) is 16.4 Å². The maximum atomic E-state index is 13.3. The molecule has 1 aromatic heterocycles. The van der Waals surface area contributed by atoms with E-state index in [-0.39, 0.29) is 16.8 Å². The van der Waals surface area contributed by atoms with Gasteiger partial charge in [-0.25, -0.2) is 8.42 Å². The second-order valence-electron chi connectivity index (χ2n) is 7.33. The highest BCUT2D eigenvalue weighted by atomic mass is 32.2. The van der Waals surface area contributed by atoms with E-state index in [0.717, 1.165) is 12.8 Å². The lowest BCUT2D eigenvalue weighted by atomic mass is 9.97. The van der Waals surface area contributed by atoms with Crippen LogP contribution < -0.4 is 9.46 Å². The van der Waals surface area contributed by atoms with Crippen LogP contribution in [0.3, 0.4) is 0 Å². The standard InChI is InChI=1S/C23H24N2O4S2/c1-3-21-20-12-14-30-22(20)11-13-25(21)23(26)16-5-4-6-19(15-16)31(27,28)24-17-7-9-18(29-2)10-8-17/h4-10,12,14-15,21,24H,3,11,13H2,1-2H3/t21-/m1/s1. The van der Waals surface area contributed by atoms with E-state index < -0.39 is 10.0 Å². The highest BCUT2D eigenvalue weighted by Crippen LogP contribution is 2.36. The fourth-order valence-corrected chi connectivity index (χ4v) is 5.95. The molecule has 6 nitrogen and oxygen atoms in total. The van der Waals surface area contributed by atoms with Gasteiger partial charge < -0.3 is 9.64 Å². The van der Waals surface area contributed by atoms with Gasteiger partial charge in [0.2, 0.25) is 0 Å². The monoisotopic (exact) mass is 456 g/mol. The van der Waals surface area contributed by atoms with Crippen LogP contribution in [0.25, 0.3) is 0 Å². The highest BCUT2D eigenvalue weighted by Gasteiger charge is 2.31.